The fourth-order valence-electron chi connectivity index (χ4n) is 3.88. The highest BCUT2D eigenvalue weighted by atomic mass is 32.2. The largest absolute Gasteiger partial charge is 0.272 e. The summed E-state index contributed by atoms with van der Waals surface area (Å²) in [5.74, 6) is 1.86. The molecule has 2 aromatic rings. The highest BCUT2D eigenvalue weighted by Crippen LogP contribution is 2.29. The van der Waals surface area contributed by atoms with Crippen molar-refractivity contribution in [2.45, 2.75) is 95.8 Å². The van der Waals surface area contributed by atoms with Crippen LogP contribution in [0, 0.1) is 5.92 Å². The lowest BCUT2D eigenvalue weighted by molar-refractivity contribution is 0.0957. The van der Waals surface area contributed by atoms with E-state index in [1.54, 1.807) is 23.3 Å². The van der Waals surface area contributed by atoms with Crippen LogP contribution in [0.2, 0.25) is 0 Å². The molecule has 0 aliphatic rings. The first-order chi connectivity index (χ1) is 14.8. The highest BCUT2D eigenvalue weighted by molar-refractivity contribution is 7.99. The van der Waals surface area contributed by atoms with E-state index < -0.39 is 0 Å². The van der Waals surface area contributed by atoms with Crippen molar-refractivity contribution in [2.75, 3.05) is 5.75 Å². The van der Waals surface area contributed by atoms with E-state index >= 15 is 0 Å². The van der Waals surface area contributed by atoms with Crippen molar-refractivity contribution in [3.05, 3.63) is 48.5 Å². The Bertz CT molecular complexity index is 699. The lowest BCUT2D eigenvalue weighted by Gasteiger charge is -2.18. The molecule has 3 nitrogen and oxygen atoms in total. The van der Waals surface area contributed by atoms with Crippen molar-refractivity contribution < 1.29 is 4.79 Å². The summed E-state index contributed by atoms with van der Waals surface area (Å²) >= 11 is 1.86. The Balaban J connectivity index is 1.90. The van der Waals surface area contributed by atoms with E-state index in [2.05, 4.69) is 24.9 Å². The molecule has 0 aliphatic heterocycles. The fraction of sp³-hybridized carbons (Fsp3) is 0.615. The third-order valence-corrected chi connectivity index (χ3v) is 7.07. The van der Waals surface area contributed by atoms with Crippen LogP contribution >= 0.6 is 11.8 Å². The molecule has 0 N–H and O–H groups in total. The van der Waals surface area contributed by atoms with Gasteiger partial charge in [-0.3, -0.25) is 9.36 Å². The predicted molar refractivity (Wildman–Crippen MR) is 129 cm³/mol. The maximum absolute atomic E-state index is 12.8. The van der Waals surface area contributed by atoms with E-state index in [1.165, 1.54) is 77.0 Å². The van der Waals surface area contributed by atoms with Gasteiger partial charge in [-0.15, -0.1) is 11.8 Å². The molecule has 0 spiro atoms. The van der Waals surface area contributed by atoms with Gasteiger partial charge in [-0.1, -0.05) is 90.2 Å². The Labute approximate surface area is 188 Å². The minimum absolute atomic E-state index is 0.00557. The summed E-state index contributed by atoms with van der Waals surface area (Å²) in [7, 11) is 0. The number of thioether (sulfide) groups is 1. The van der Waals surface area contributed by atoms with Crippen molar-refractivity contribution in [1.29, 1.82) is 0 Å². The van der Waals surface area contributed by atoms with E-state index in [4.69, 9.17) is 0 Å². The Morgan fingerprint density at radius 1 is 0.933 bits per heavy atom. The maximum Gasteiger partial charge on any atom is 0.264 e. The number of imidazole rings is 1. The van der Waals surface area contributed by atoms with Crippen LogP contribution in [0.1, 0.15) is 101 Å². The number of carbonyl (C=O) groups is 1. The second-order valence-electron chi connectivity index (χ2n) is 8.35. The third-order valence-electron chi connectivity index (χ3n) is 5.76. The molecule has 0 bridgehead atoms. The molecule has 0 fully saturated rings. The summed E-state index contributed by atoms with van der Waals surface area (Å²) in [6.07, 6.45) is 21.1. The number of nitrogens with zero attached hydrogens (tertiary/aromatic N) is 2. The summed E-state index contributed by atoms with van der Waals surface area (Å²) in [4.78, 5) is 17.9. The second-order valence-corrected chi connectivity index (χ2v) is 9.42. The van der Waals surface area contributed by atoms with Gasteiger partial charge in [0.1, 0.15) is 6.33 Å². The average molecular weight is 429 g/mol. The van der Waals surface area contributed by atoms with Crippen LogP contribution in [0.4, 0.5) is 0 Å². The molecule has 0 saturated heterocycles. The molecule has 0 aliphatic carbocycles. The molecule has 1 heterocycles. The van der Waals surface area contributed by atoms with Crippen LogP contribution < -0.4 is 0 Å². The summed E-state index contributed by atoms with van der Waals surface area (Å²) in [5.41, 5.74) is 0.782. The zero-order chi connectivity index (χ0) is 21.4. The molecule has 0 radical (unpaired) electrons. The Hall–Kier alpha value is -1.55. The Morgan fingerprint density at radius 2 is 1.57 bits per heavy atom. The van der Waals surface area contributed by atoms with E-state index in [9.17, 15) is 4.79 Å². The van der Waals surface area contributed by atoms with E-state index in [0.717, 1.165) is 22.1 Å². The summed E-state index contributed by atoms with van der Waals surface area (Å²) in [6, 6.07) is 8.02. The number of rotatable bonds is 16. The minimum atomic E-state index is 0.00557. The monoisotopic (exact) mass is 428 g/mol. The van der Waals surface area contributed by atoms with Crippen LogP contribution in [-0.4, -0.2) is 21.2 Å². The van der Waals surface area contributed by atoms with Crippen LogP contribution in [0.25, 0.3) is 0 Å². The minimum Gasteiger partial charge on any atom is -0.272 e. The first-order valence-corrected chi connectivity index (χ1v) is 13.0. The number of carbonyl (C=O) groups excluding carboxylic acids is 1. The maximum atomic E-state index is 12.8. The second kappa shape index (κ2) is 15.3. The molecular formula is C26H40N2OS. The van der Waals surface area contributed by atoms with Crippen LogP contribution in [0.5, 0.6) is 0 Å². The topological polar surface area (TPSA) is 34.9 Å². The van der Waals surface area contributed by atoms with Crippen molar-refractivity contribution >= 4 is 17.7 Å². The van der Waals surface area contributed by atoms with E-state index in [-0.39, 0.29) is 5.91 Å². The molecular weight excluding hydrogens is 388 g/mol. The van der Waals surface area contributed by atoms with E-state index in [1.807, 2.05) is 30.0 Å². The van der Waals surface area contributed by atoms with E-state index in [0.29, 0.717) is 0 Å². The third kappa shape index (κ3) is 9.07. The molecule has 0 saturated carbocycles. The molecule has 0 amide bonds. The van der Waals surface area contributed by atoms with Gasteiger partial charge in [0.05, 0.1) is 5.56 Å². The van der Waals surface area contributed by atoms with Crippen molar-refractivity contribution in [3.63, 3.8) is 0 Å². The molecule has 1 atom stereocenters. The zero-order valence-corrected chi connectivity index (χ0v) is 19.8. The van der Waals surface area contributed by atoms with Gasteiger partial charge in [0.25, 0.3) is 5.91 Å². The zero-order valence-electron chi connectivity index (χ0n) is 19.0. The molecule has 4 heteroatoms. The standard InChI is InChI=1S/C26H40N2OS/c1-3-5-7-9-10-12-16-23(15-11-8-6-4-2)21-30-25-18-14-13-17-24(25)26(29)28-20-19-27-22-28/h13-14,17-20,22-23H,3-12,15-16,21H2,1-2H3. The Kier molecular flexibility index (Phi) is 12.6. The lowest BCUT2D eigenvalue weighted by atomic mass is 9.96. The smallest absolute Gasteiger partial charge is 0.264 e. The fourth-order valence-corrected chi connectivity index (χ4v) is 5.11. The number of unbranched alkanes of at least 4 members (excludes halogenated alkanes) is 8. The number of benzene rings is 1. The SMILES string of the molecule is CCCCCCCCC(CCCCCC)CSc1ccccc1C(=O)n1ccnc1. The predicted octanol–water partition coefficient (Wildman–Crippen LogP) is 8.00. The van der Waals surface area contributed by atoms with Crippen LogP contribution in [-0.2, 0) is 0 Å². The van der Waals surface area contributed by atoms with Gasteiger partial charge in [0.2, 0.25) is 0 Å². The van der Waals surface area contributed by atoms with Gasteiger partial charge in [-0.05, 0) is 30.9 Å². The quantitative estimate of drug-likeness (QED) is 0.201. The molecule has 1 aromatic heterocycles. The van der Waals surface area contributed by atoms with Gasteiger partial charge < -0.3 is 0 Å². The molecule has 30 heavy (non-hydrogen) atoms. The van der Waals surface area contributed by atoms with Gasteiger partial charge in [0, 0.05) is 23.0 Å². The first-order valence-electron chi connectivity index (χ1n) is 12.0. The molecule has 1 aromatic carbocycles. The van der Waals surface area contributed by atoms with Crippen molar-refractivity contribution in [3.8, 4) is 0 Å². The average Bonchev–Trinajstić information content (AvgIpc) is 3.31. The lowest BCUT2D eigenvalue weighted by Crippen LogP contribution is -2.11. The number of hydrogen-bond donors (Lipinski definition) is 0. The van der Waals surface area contributed by atoms with Gasteiger partial charge in [0.15, 0.2) is 0 Å². The summed E-state index contributed by atoms with van der Waals surface area (Å²) < 4.78 is 1.57. The number of aromatic nitrogens is 2. The first kappa shape index (κ1) is 24.7. The van der Waals surface area contributed by atoms with Crippen LogP contribution in [0.15, 0.2) is 47.9 Å². The molecule has 1 unspecified atom stereocenters. The van der Waals surface area contributed by atoms with Gasteiger partial charge in [-0.25, -0.2) is 4.98 Å². The van der Waals surface area contributed by atoms with Crippen molar-refractivity contribution in [2.24, 2.45) is 5.92 Å². The highest BCUT2D eigenvalue weighted by Gasteiger charge is 2.15. The van der Waals surface area contributed by atoms with Gasteiger partial charge in [-0.2, -0.15) is 0 Å². The summed E-state index contributed by atoms with van der Waals surface area (Å²) in [5, 5.41) is 0. The van der Waals surface area contributed by atoms with Crippen molar-refractivity contribution in [1.82, 2.24) is 9.55 Å². The number of hydrogen-bond acceptors (Lipinski definition) is 3. The summed E-state index contributed by atoms with van der Waals surface area (Å²) in [6.45, 7) is 4.55. The molecule has 2 rings (SSSR count). The molecule has 166 valence electrons. The Morgan fingerprint density at radius 3 is 2.23 bits per heavy atom. The van der Waals surface area contributed by atoms with Crippen LogP contribution in [0.3, 0.4) is 0 Å². The van der Waals surface area contributed by atoms with Gasteiger partial charge >= 0.3 is 0 Å². The normalized spacial score (nSPS) is 12.2.